The Bertz CT molecular complexity index is 1200. The number of aromatic amines is 2. The number of imidazole rings is 1. The van der Waals surface area contributed by atoms with Crippen molar-refractivity contribution < 1.29 is 14.2 Å². The van der Waals surface area contributed by atoms with Crippen LogP contribution in [0.25, 0.3) is 22.6 Å². The van der Waals surface area contributed by atoms with Crippen molar-refractivity contribution in [1.82, 2.24) is 25.1 Å². The van der Waals surface area contributed by atoms with Crippen molar-refractivity contribution >= 4 is 11.0 Å². The van der Waals surface area contributed by atoms with Crippen molar-refractivity contribution in [2.24, 2.45) is 0 Å². The number of nitrogens with one attached hydrogen (secondary N) is 2. The number of nitrogens with zero attached hydrogens (tertiary/aromatic N) is 3. The predicted octanol–water partition coefficient (Wildman–Crippen LogP) is 3.59. The van der Waals surface area contributed by atoms with Crippen LogP contribution in [-0.4, -0.2) is 65.6 Å². The molecule has 33 heavy (non-hydrogen) atoms. The summed E-state index contributed by atoms with van der Waals surface area (Å²) in [4.78, 5) is 10.6. The lowest BCUT2D eigenvalue weighted by molar-refractivity contribution is 0.0342. The number of benzene rings is 2. The Morgan fingerprint density at radius 3 is 2.48 bits per heavy atom. The third-order valence-corrected chi connectivity index (χ3v) is 6.03. The van der Waals surface area contributed by atoms with Crippen molar-refractivity contribution in [3.8, 4) is 23.0 Å². The highest BCUT2D eigenvalue weighted by atomic mass is 16.5. The van der Waals surface area contributed by atoms with E-state index in [-0.39, 0.29) is 0 Å². The first-order valence-electron chi connectivity index (χ1n) is 11.3. The smallest absolute Gasteiger partial charge is 0.159 e. The SMILES string of the molecule is COc1cc(CCc2cc(-c3nc4cc(CN5CCOCC5)ccc4[nH]3)n[nH]2)cc(OC)c1. The molecule has 0 bridgehead atoms. The molecule has 0 spiro atoms. The van der Waals surface area contributed by atoms with Crippen LogP contribution in [0.5, 0.6) is 11.5 Å². The number of morpholine rings is 1. The number of fused-ring (bicyclic) bond motifs is 1. The van der Waals surface area contributed by atoms with Gasteiger partial charge in [-0.3, -0.25) is 10.00 Å². The van der Waals surface area contributed by atoms with Crippen LogP contribution in [0.3, 0.4) is 0 Å². The fourth-order valence-corrected chi connectivity index (χ4v) is 4.19. The molecule has 3 heterocycles. The van der Waals surface area contributed by atoms with Crippen LogP contribution in [0.4, 0.5) is 0 Å². The lowest BCUT2D eigenvalue weighted by Crippen LogP contribution is -2.35. The second-order valence-corrected chi connectivity index (χ2v) is 8.32. The molecule has 4 aromatic rings. The minimum absolute atomic E-state index is 0.777. The maximum Gasteiger partial charge on any atom is 0.159 e. The predicted molar refractivity (Wildman–Crippen MR) is 127 cm³/mol. The van der Waals surface area contributed by atoms with Crippen molar-refractivity contribution in [2.45, 2.75) is 19.4 Å². The first-order valence-corrected chi connectivity index (χ1v) is 11.3. The number of rotatable bonds is 8. The largest absolute Gasteiger partial charge is 0.497 e. The van der Waals surface area contributed by atoms with E-state index in [4.69, 9.17) is 19.2 Å². The summed E-state index contributed by atoms with van der Waals surface area (Å²) in [5.74, 6) is 2.37. The molecular formula is C25H29N5O3. The summed E-state index contributed by atoms with van der Waals surface area (Å²) in [6.45, 7) is 4.48. The van der Waals surface area contributed by atoms with Crippen molar-refractivity contribution in [3.05, 3.63) is 59.3 Å². The summed E-state index contributed by atoms with van der Waals surface area (Å²) in [6.07, 6.45) is 1.67. The lowest BCUT2D eigenvalue weighted by Gasteiger charge is -2.26. The van der Waals surface area contributed by atoms with Gasteiger partial charge in [-0.15, -0.1) is 0 Å². The molecule has 2 aromatic heterocycles. The molecule has 0 unspecified atom stereocenters. The van der Waals surface area contributed by atoms with E-state index in [2.05, 4.69) is 44.3 Å². The zero-order valence-electron chi connectivity index (χ0n) is 19.1. The average Bonchev–Trinajstić information content (AvgIpc) is 3.50. The number of H-pyrrole nitrogens is 2. The topological polar surface area (TPSA) is 88.3 Å². The molecule has 1 aliphatic heterocycles. The van der Waals surface area contributed by atoms with Crippen molar-refractivity contribution in [3.63, 3.8) is 0 Å². The van der Waals surface area contributed by atoms with Crippen LogP contribution >= 0.6 is 0 Å². The highest BCUT2D eigenvalue weighted by Crippen LogP contribution is 2.25. The first-order chi connectivity index (χ1) is 16.2. The van der Waals surface area contributed by atoms with Gasteiger partial charge in [-0.1, -0.05) is 6.07 Å². The van der Waals surface area contributed by atoms with Gasteiger partial charge in [-0.2, -0.15) is 5.10 Å². The van der Waals surface area contributed by atoms with Gasteiger partial charge in [0.15, 0.2) is 5.82 Å². The molecule has 1 fully saturated rings. The van der Waals surface area contributed by atoms with Gasteiger partial charge in [-0.25, -0.2) is 4.98 Å². The van der Waals surface area contributed by atoms with E-state index in [1.165, 1.54) is 5.56 Å². The standard InChI is InChI=1S/C25H29N5O3/c1-31-20-11-17(12-21(15-20)32-2)3-5-19-14-24(29-28-19)25-26-22-6-4-18(13-23(22)27-25)16-30-7-9-33-10-8-30/h4,6,11-15H,3,5,7-10,16H2,1-2H3,(H,26,27)(H,28,29). The van der Waals surface area contributed by atoms with Crippen LogP contribution < -0.4 is 9.47 Å². The molecule has 8 nitrogen and oxygen atoms in total. The summed E-state index contributed by atoms with van der Waals surface area (Å²) < 4.78 is 16.2. The fourth-order valence-electron chi connectivity index (χ4n) is 4.19. The second-order valence-electron chi connectivity index (χ2n) is 8.32. The van der Waals surface area contributed by atoms with Gasteiger partial charge in [0.25, 0.3) is 0 Å². The quantitative estimate of drug-likeness (QED) is 0.429. The molecule has 0 aliphatic carbocycles. The molecule has 2 N–H and O–H groups in total. The molecular weight excluding hydrogens is 418 g/mol. The number of aromatic nitrogens is 4. The summed E-state index contributed by atoms with van der Waals surface area (Å²) in [5.41, 5.74) is 6.27. The van der Waals surface area contributed by atoms with Gasteiger partial charge in [0, 0.05) is 31.4 Å². The maximum atomic E-state index is 5.44. The van der Waals surface area contributed by atoms with Crippen LogP contribution in [0.1, 0.15) is 16.8 Å². The van der Waals surface area contributed by atoms with Gasteiger partial charge < -0.3 is 19.2 Å². The van der Waals surface area contributed by atoms with E-state index in [0.717, 1.165) is 91.0 Å². The molecule has 0 amide bonds. The van der Waals surface area contributed by atoms with E-state index in [0.29, 0.717) is 0 Å². The number of ether oxygens (including phenoxy) is 3. The van der Waals surface area contributed by atoms with Crippen molar-refractivity contribution in [2.75, 3.05) is 40.5 Å². The zero-order valence-corrected chi connectivity index (χ0v) is 19.1. The molecule has 0 saturated carbocycles. The minimum Gasteiger partial charge on any atom is -0.497 e. The van der Waals surface area contributed by atoms with Gasteiger partial charge >= 0.3 is 0 Å². The Labute approximate surface area is 192 Å². The Balaban J connectivity index is 1.27. The van der Waals surface area contributed by atoms with Gasteiger partial charge in [-0.05, 0) is 54.3 Å². The first kappa shape index (κ1) is 21.5. The third-order valence-electron chi connectivity index (χ3n) is 6.03. The van der Waals surface area contributed by atoms with E-state index in [1.807, 2.05) is 18.2 Å². The molecule has 1 aliphatic rings. The van der Waals surface area contributed by atoms with E-state index in [9.17, 15) is 0 Å². The van der Waals surface area contributed by atoms with Gasteiger partial charge in [0.1, 0.15) is 17.2 Å². The number of methoxy groups -OCH3 is 2. The Kier molecular flexibility index (Phi) is 6.28. The summed E-state index contributed by atoms with van der Waals surface area (Å²) in [5, 5.41) is 7.64. The highest BCUT2D eigenvalue weighted by molar-refractivity contribution is 5.79. The summed E-state index contributed by atoms with van der Waals surface area (Å²) in [6, 6.07) is 14.4. The highest BCUT2D eigenvalue weighted by Gasteiger charge is 2.13. The molecule has 8 heteroatoms. The maximum absolute atomic E-state index is 5.44. The summed E-state index contributed by atoms with van der Waals surface area (Å²) in [7, 11) is 3.33. The molecule has 1 saturated heterocycles. The Morgan fingerprint density at radius 1 is 0.939 bits per heavy atom. The molecule has 0 radical (unpaired) electrons. The normalized spacial score (nSPS) is 14.6. The van der Waals surface area contributed by atoms with E-state index in [1.54, 1.807) is 14.2 Å². The molecule has 0 atom stereocenters. The molecule has 172 valence electrons. The average molecular weight is 448 g/mol. The van der Waals surface area contributed by atoms with Gasteiger partial charge in [0.2, 0.25) is 0 Å². The zero-order chi connectivity index (χ0) is 22.6. The molecule has 5 rings (SSSR count). The van der Waals surface area contributed by atoms with E-state index < -0.39 is 0 Å². The van der Waals surface area contributed by atoms with Crippen LogP contribution in [0, 0.1) is 0 Å². The number of hydrogen-bond acceptors (Lipinski definition) is 6. The number of hydrogen-bond donors (Lipinski definition) is 2. The van der Waals surface area contributed by atoms with Crippen LogP contribution in [-0.2, 0) is 24.1 Å². The number of aryl methyl sites for hydroxylation is 2. The monoisotopic (exact) mass is 447 g/mol. The minimum atomic E-state index is 0.777. The Hall–Kier alpha value is -3.36. The fraction of sp³-hybridized carbons (Fsp3) is 0.360. The lowest BCUT2D eigenvalue weighted by atomic mass is 10.1. The second kappa shape index (κ2) is 9.64. The molecule has 2 aromatic carbocycles. The summed E-state index contributed by atoms with van der Waals surface area (Å²) >= 11 is 0. The Morgan fingerprint density at radius 2 is 1.73 bits per heavy atom. The van der Waals surface area contributed by atoms with Crippen LogP contribution in [0.2, 0.25) is 0 Å². The van der Waals surface area contributed by atoms with Crippen molar-refractivity contribution in [1.29, 1.82) is 0 Å². The third kappa shape index (κ3) is 5.02. The van der Waals surface area contributed by atoms with Gasteiger partial charge in [0.05, 0.1) is 38.5 Å². The van der Waals surface area contributed by atoms with Crippen LogP contribution in [0.15, 0.2) is 42.5 Å². The van der Waals surface area contributed by atoms with E-state index >= 15 is 0 Å².